The van der Waals surface area contributed by atoms with Gasteiger partial charge in [0.15, 0.2) is 5.82 Å². The van der Waals surface area contributed by atoms with Crippen molar-refractivity contribution < 1.29 is 13.7 Å². The summed E-state index contributed by atoms with van der Waals surface area (Å²) in [5.41, 5.74) is 1.15. The SMILES string of the molecule is O=C(c1cccc(F)c1)N1CCN(Cc2noc(-c3cccc(Cl)c3)n2)CC1. The van der Waals surface area contributed by atoms with E-state index in [-0.39, 0.29) is 5.91 Å². The summed E-state index contributed by atoms with van der Waals surface area (Å²) >= 11 is 6.00. The van der Waals surface area contributed by atoms with Gasteiger partial charge in [-0.25, -0.2) is 4.39 Å². The minimum atomic E-state index is -0.405. The number of carbonyl (C=O) groups is 1. The fraction of sp³-hybridized carbons (Fsp3) is 0.250. The molecule has 1 saturated heterocycles. The van der Waals surface area contributed by atoms with Gasteiger partial charge in [-0.3, -0.25) is 9.69 Å². The molecule has 0 N–H and O–H groups in total. The molecule has 0 atom stereocenters. The minimum Gasteiger partial charge on any atom is -0.336 e. The van der Waals surface area contributed by atoms with Crippen LogP contribution in [0.15, 0.2) is 53.1 Å². The molecule has 1 amide bonds. The quantitative estimate of drug-likeness (QED) is 0.671. The summed E-state index contributed by atoms with van der Waals surface area (Å²) in [5, 5.41) is 4.64. The first-order chi connectivity index (χ1) is 13.6. The molecule has 0 aliphatic carbocycles. The van der Waals surface area contributed by atoms with Crippen LogP contribution < -0.4 is 0 Å². The first-order valence-electron chi connectivity index (χ1n) is 8.94. The maximum atomic E-state index is 13.3. The van der Waals surface area contributed by atoms with Crippen LogP contribution in [0.5, 0.6) is 0 Å². The van der Waals surface area contributed by atoms with E-state index in [1.807, 2.05) is 12.1 Å². The zero-order valence-electron chi connectivity index (χ0n) is 15.0. The highest BCUT2D eigenvalue weighted by Crippen LogP contribution is 2.21. The number of rotatable bonds is 4. The lowest BCUT2D eigenvalue weighted by molar-refractivity contribution is 0.0624. The number of amides is 1. The number of hydrogen-bond donors (Lipinski definition) is 0. The van der Waals surface area contributed by atoms with Crippen LogP contribution >= 0.6 is 11.6 Å². The fourth-order valence-corrected chi connectivity index (χ4v) is 3.36. The van der Waals surface area contributed by atoms with E-state index in [0.717, 1.165) is 5.56 Å². The lowest BCUT2D eigenvalue weighted by Crippen LogP contribution is -2.48. The summed E-state index contributed by atoms with van der Waals surface area (Å²) in [6.45, 7) is 3.03. The fourth-order valence-electron chi connectivity index (χ4n) is 3.17. The van der Waals surface area contributed by atoms with Crippen molar-refractivity contribution in [2.24, 2.45) is 0 Å². The van der Waals surface area contributed by atoms with Crippen molar-refractivity contribution >= 4 is 17.5 Å². The highest BCUT2D eigenvalue weighted by atomic mass is 35.5. The van der Waals surface area contributed by atoms with Crippen LogP contribution in [0.25, 0.3) is 11.5 Å². The van der Waals surface area contributed by atoms with Gasteiger partial charge >= 0.3 is 0 Å². The average Bonchev–Trinajstić information content (AvgIpc) is 3.17. The Morgan fingerprint density at radius 2 is 1.89 bits per heavy atom. The van der Waals surface area contributed by atoms with Gasteiger partial charge in [0.2, 0.25) is 0 Å². The van der Waals surface area contributed by atoms with Crippen LogP contribution in [0.3, 0.4) is 0 Å². The van der Waals surface area contributed by atoms with E-state index in [2.05, 4.69) is 15.0 Å². The number of benzene rings is 2. The molecule has 1 aromatic heterocycles. The highest BCUT2D eigenvalue weighted by Gasteiger charge is 2.23. The summed E-state index contributed by atoms with van der Waals surface area (Å²) in [6.07, 6.45) is 0. The van der Waals surface area contributed by atoms with Crippen molar-refractivity contribution in [1.82, 2.24) is 19.9 Å². The molecule has 1 aliphatic heterocycles. The summed E-state index contributed by atoms with van der Waals surface area (Å²) in [7, 11) is 0. The van der Waals surface area contributed by atoms with Crippen LogP contribution in [-0.2, 0) is 6.54 Å². The van der Waals surface area contributed by atoms with E-state index >= 15 is 0 Å². The third-order valence-corrected chi connectivity index (χ3v) is 4.87. The van der Waals surface area contributed by atoms with E-state index in [1.54, 1.807) is 29.2 Å². The molecule has 1 fully saturated rings. The van der Waals surface area contributed by atoms with E-state index in [4.69, 9.17) is 16.1 Å². The Labute approximate surface area is 166 Å². The van der Waals surface area contributed by atoms with E-state index in [0.29, 0.717) is 55.0 Å². The molecule has 0 bridgehead atoms. The second-order valence-electron chi connectivity index (χ2n) is 6.60. The molecule has 2 aromatic carbocycles. The first-order valence-corrected chi connectivity index (χ1v) is 9.32. The van der Waals surface area contributed by atoms with Crippen LogP contribution in [0.2, 0.25) is 5.02 Å². The van der Waals surface area contributed by atoms with Crippen molar-refractivity contribution in [3.8, 4) is 11.5 Å². The van der Waals surface area contributed by atoms with Crippen molar-refractivity contribution in [3.63, 3.8) is 0 Å². The largest absolute Gasteiger partial charge is 0.336 e. The van der Waals surface area contributed by atoms with Gasteiger partial charge in [-0.2, -0.15) is 4.98 Å². The van der Waals surface area contributed by atoms with Crippen molar-refractivity contribution in [2.75, 3.05) is 26.2 Å². The van der Waals surface area contributed by atoms with Crippen LogP contribution in [0, 0.1) is 5.82 Å². The molecule has 4 rings (SSSR count). The predicted octanol–water partition coefficient (Wildman–Crippen LogP) is 3.49. The van der Waals surface area contributed by atoms with Crippen molar-refractivity contribution in [1.29, 1.82) is 0 Å². The van der Waals surface area contributed by atoms with Gasteiger partial charge in [0, 0.05) is 42.3 Å². The molecule has 6 nitrogen and oxygen atoms in total. The topological polar surface area (TPSA) is 62.5 Å². The summed E-state index contributed by atoms with van der Waals surface area (Å²) in [5.74, 6) is 0.455. The Kier molecular flexibility index (Phi) is 5.36. The zero-order valence-corrected chi connectivity index (χ0v) is 15.8. The second kappa shape index (κ2) is 8.08. The monoisotopic (exact) mass is 400 g/mol. The van der Waals surface area contributed by atoms with E-state index in [9.17, 15) is 9.18 Å². The van der Waals surface area contributed by atoms with Crippen LogP contribution in [0.1, 0.15) is 16.2 Å². The van der Waals surface area contributed by atoms with Gasteiger partial charge in [0.05, 0.1) is 6.54 Å². The molecule has 28 heavy (non-hydrogen) atoms. The highest BCUT2D eigenvalue weighted by molar-refractivity contribution is 6.30. The van der Waals surface area contributed by atoms with Crippen LogP contribution in [0.4, 0.5) is 4.39 Å². The number of piperazine rings is 1. The number of carbonyl (C=O) groups excluding carboxylic acids is 1. The predicted molar refractivity (Wildman–Crippen MR) is 102 cm³/mol. The lowest BCUT2D eigenvalue weighted by Gasteiger charge is -2.34. The molecule has 0 unspecified atom stereocenters. The summed E-state index contributed by atoms with van der Waals surface area (Å²) < 4.78 is 18.7. The third kappa shape index (κ3) is 4.21. The molecule has 0 radical (unpaired) electrons. The smallest absolute Gasteiger partial charge is 0.258 e. The zero-order chi connectivity index (χ0) is 19.5. The van der Waals surface area contributed by atoms with E-state index in [1.165, 1.54) is 12.1 Å². The van der Waals surface area contributed by atoms with Gasteiger partial charge in [-0.1, -0.05) is 28.9 Å². The Morgan fingerprint density at radius 3 is 2.64 bits per heavy atom. The Balaban J connectivity index is 1.34. The molecule has 3 aromatic rings. The van der Waals surface area contributed by atoms with Crippen molar-refractivity contribution in [3.05, 3.63) is 70.8 Å². The number of hydrogen-bond acceptors (Lipinski definition) is 5. The Morgan fingerprint density at radius 1 is 1.11 bits per heavy atom. The standard InChI is InChI=1S/C20H18ClFN4O2/c21-16-5-1-3-14(11-16)19-23-18(24-28-19)13-25-7-9-26(10-8-25)20(27)15-4-2-6-17(22)12-15/h1-6,11-12H,7-10,13H2. The second-order valence-corrected chi connectivity index (χ2v) is 7.04. The van der Waals surface area contributed by atoms with Gasteiger partial charge in [-0.05, 0) is 36.4 Å². The maximum Gasteiger partial charge on any atom is 0.258 e. The lowest BCUT2D eigenvalue weighted by atomic mass is 10.1. The number of aromatic nitrogens is 2. The summed E-state index contributed by atoms with van der Waals surface area (Å²) in [6, 6.07) is 13.0. The maximum absolute atomic E-state index is 13.3. The first kappa shape index (κ1) is 18.6. The molecule has 144 valence electrons. The normalized spacial score (nSPS) is 15.0. The Hall–Kier alpha value is -2.77. The summed E-state index contributed by atoms with van der Waals surface area (Å²) in [4.78, 5) is 20.8. The molecule has 1 aliphatic rings. The van der Waals surface area contributed by atoms with Crippen LogP contribution in [-0.4, -0.2) is 52.0 Å². The molecule has 0 saturated carbocycles. The average molecular weight is 401 g/mol. The number of nitrogens with zero attached hydrogens (tertiary/aromatic N) is 4. The van der Waals surface area contributed by atoms with Gasteiger partial charge in [0.25, 0.3) is 11.8 Å². The molecule has 2 heterocycles. The van der Waals surface area contributed by atoms with Gasteiger partial charge in [-0.15, -0.1) is 0 Å². The molecule has 0 spiro atoms. The van der Waals surface area contributed by atoms with Gasteiger partial charge < -0.3 is 9.42 Å². The minimum absolute atomic E-state index is 0.151. The Bertz CT molecular complexity index is 986. The molecular formula is C20H18ClFN4O2. The van der Waals surface area contributed by atoms with E-state index < -0.39 is 5.82 Å². The number of halogens is 2. The molecular weight excluding hydrogens is 383 g/mol. The molecule has 8 heteroatoms. The third-order valence-electron chi connectivity index (χ3n) is 4.64. The van der Waals surface area contributed by atoms with Crippen molar-refractivity contribution in [2.45, 2.75) is 6.54 Å². The van der Waals surface area contributed by atoms with Gasteiger partial charge in [0.1, 0.15) is 5.82 Å².